The highest BCUT2D eigenvalue weighted by molar-refractivity contribution is 5.28. The van der Waals surface area contributed by atoms with E-state index in [1.165, 1.54) is 49.8 Å². The van der Waals surface area contributed by atoms with E-state index in [1.807, 2.05) is 0 Å². The summed E-state index contributed by atoms with van der Waals surface area (Å²) < 4.78 is 0. The third-order valence-electron chi connectivity index (χ3n) is 4.10. The number of aryl methyl sites for hydroxylation is 1. The van der Waals surface area contributed by atoms with Crippen molar-refractivity contribution in [1.29, 1.82) is 0 Å². The lowest BCUT2D eigenvalue weighted by Gasteiger charge is -2.36. The van der Waals surface area contributed by atoms with Crippen LogP contribution in [0.5, 0.6) is 0 Å². The van der Waals surface area contributed by atoms with Gasteiger partial charge in [-0.1, -0.05) is 56.5 Å². The summed E-state index contributed by atoms with van der Waals surface area (Å²) in [4.78, 5) is 0. The smallest absolute Gasteiger partial charge is 0.0437 e. The SMILES string of the molecule is Cc1ccc(C2(CC(C)C)CCCCCN2)cc1. The Hall–Kier alpha value is -0.820. The zero-order chi connectivity index (χ0) is 13.0. The Balaban J connectivity index is 2.30. The van der Waals surface area contributed by atoms with Crippen molar-refractivity contribution in [2.75, 3.05) is 6.54 Å². The highest BCUT2D eigenvalue weighted by Gasteiger charge is 2.32. The van der Waals surface area contributed by atoms with Crippen molar-refractivity contribution in [3.63, 3.8) is 0 Å². The third-order valence-corrected chi connectivity index (χ3v) is 4.10. The fourth-order valence-electron chi connectivity index (χ4n) is 3.25. The largest absolute Gasteiger partial charge is 0.307 e. The Morgan fingerprint density at radius 1 is 1.11 bits per heavy atom. The van der Waals surface area contributed by atoms with Crippen LogP contribution >= 0.6 is 0 Å². The molecule has 1 aromatic rings. The summed E-state index contributed by atoms with van der Waals surface area (Å²) in [7, 11) is 0. The molecule has 0 bridgehead atoms. The topological polar surface area (TPSA) is 12.0 Å². The van der Waals surface area contributed by atoms with Gasteiger partial charge in [-0.3, -0.25) is 0 Å². The van der Waals surface area contributed by atoms with Crippen molar-refractivity contribution in [2.24, 2.45) is 5.92 Å². The normalized spacial score (nSPS) is 25.1. The molecule has 1 fully saturated rings. The maximum Gasteiger partial charge on any atom is 0.0437 e. The average Bonchev–Trinajstić information content (AvgIpc) is 2.55. The number of nitrogens with one attached hydrogen (secondary N) is 1. The minimum Gasteiger partial charge on any atom is -0.307 e. The van der Waals surface area contributed by atoms with Gasteiger partial charge in [0.05, 0.1) is 0 Å². The van der Waals surface area contributed by atoms with E-state index in [4.69, 9.17) is 0 Å². The summed E-state index contributed by atoms with van der Waals surface area (Å²) in [6, 6.07) is 9.17. The second-order valence-electron chi connectivity index (χ2n) is 6.28. The van der Waals surface area contributed by atoms with E-state index in [2.05, 4.69) is 50.4 Å². The number of hydrogen-bond acceptors (Lipinski definition) is 1. The van der Waals surface area contributed by atoms with Crippen molar-refractivity contribution < 1.29 is 0 Å². The predicted molar refractivity (Wildman–Crippen MR) is 78.8 cm³/mol. The monoisotopic (exact) mass is 245 g/mol. The average molecular weight is 245 g/mol. The van der Waals surface area contributed by atoms with E-state index >= 15 is 0 Å². The molecule has 0 amide bonds. The first-order chi connectivity index (χ1) is 8.62. The van der Waals surface area contributed by atoms with E-state index < -0.39 is 0 Å². The quantitative estimate of drug-likeness (QED) is 0.832. The van der Waals surface area contributed by atoms with Gasteiger partial charge < -0.3 is 5.32 Å². The van der Waals surface area contributed by atoms with Crippen LogP contribution < -0.4 is 5.32 Å². The Morgan fingerprint density at radius 3 is 2.50 bits per heavy atom. The Kier molecular flexibility index (Phi) is 4.45. The number of benzene rings is 1. The van der Waals surface area contributed by atoms with Crippen molar-refractivity contribution in [2.45, 2.75) is 58.4 Å². The summed E-state index contributed by atoms with van der Waals surface area (Å²) in [6.45, 7) is 8.00. The second kappa shape index (κ2) is 5.88. The zero-order valence-electron chi connectivity index (χ0n) is 12.1. The first-order valence-electron chi connectivity index (χ1n) is 7.44. The van der Waals surface area contributed by atoms with Crippen LogP contribution in [-0.2, 0) is 5.54 Å². The number of hydrogen-bond donors (Lipinski definition) is 1. The van der Waals surface area contributed by atoms with Gasteiger partial charge in [0, 0.05) is 5.54 Å². The lowest BCUT2D eigenvalue weighted by Crippen LogP contribution is -2.42. The second-order valence-corrected chi connectivity index (χ2v) is 6.28. The molecule has 0 aliphatic carbocycles. The molecule has 0 aromatic heterocycles. The molecule has 1 N–H and O–H groups in total. The molecule has 1 saturated heterocycles. The van der Waals surface area contributed by atoms with Gasteiger partial charge in [0.1, 0.15) is 0 Å². The molecule has 0 radical (unpaired) electrons. The van der Waals surface area contributed by atoms with Crippen LogP contribution in [0.3, 0.4) is 0 Å². The molecule has 1 heteroatoms. The van der Waals surface area contributed by atoms with Crippen LogP contribution in [0.2, 0.25) is 0 Å². The van der Waals surface area contributed by atoms with Crippen molar-refractivity contribution >= 4 is 0 Å². The lowest BCUT2D eigenvalue weighted by atomic mass is 9.79. The van der Waals surface area contributed by atoms with Crippen LogP contribution in [0.1, 0.15) is 57.1 Å². The molecule has 1 nitrogen and oxygen atoms in total. The Morgan fingerprint density at radius 2 is 1.83 bits per heavy atom. The molecular formula is C17H27N. The summed E-state index contributed by atoms with van der Waals surface area (Å²) in [5, 5.41) is 3.86. The highest BCUT2D eigenvalue weighted by atomic mass is 15.0. The maximum absolute atomic E-state index is 3.86. The molecule has 0 saturated carbocycles. The van der Waals surface area contributed by atoms with E-state index in [0.717, 1.165) is 5.92 Å². The minimum absolute atomic E-state index is 0.221. The summed E-state index contributed by atoms with van der Waals surface area (Å²) in [6.07, 6.45) is 6.59. The van der Waals surface area contributed by atoms with Crippen LogP contribution in [-0.4, -0.2) is 6.54 Å². The van der Waals surface area contributed by atoms with Crippen molar-refractivity contribution in [3.05, 3.63) is 35.4 Å². The minimum atomic E-state index is 0.221. The number of rotatable bonds is 3. The summed E-state index contributed by atoms with van der Waals surface area (Å²) in [5.41, 5.74) is 3.06. The molecule has 1 aliphatic heterocycles. The highest BCUT2D eigenvalue weighted by Crippen LogP contribution is 2.35. The third kappa shape index (κ3) is 3.14. The molecule has 2 rings (SSSR count). The van der Waals surface area contributed by atoms with E-state index in [9.17, 15) is 0 Å². The fraction of sp³-hybridized carbons (Fsp3) is 0.647. The maximum atomic E-state index is 3.86. The van der Waals surface area contributed by atoms with Gasteiger partial charge in [-0.15, -0.1) is 0 Å². The molecule has 1 aromatic carbocycles. The molecule has 100 valence electrons. The molecule has 1 aliphatic rings. The Labute approximate surface area is 112 Å². The van der Waals surface area contributed by atoms with Crippen LogP contribution in [0.4, 0.5) is 0 Å². The van der Waals surface area contributed by atoms with Crippen LogP contribution in [0.25, 0.3) is 0 Å². The van der Waals surface area contributed by atoms with Gasteiger partial charge in [0.2, 0.25) is 0 Å². The summed E-state index contributed by atoms with van der Waals surface area (Å²) in [5.74, 6) is 0.733. The summed E-state index contributed by atoms with van der Waals surface area (Å²) >= 11 is 0. The molecule has 1 unspecified atom stereocenters. The van der Waals surface area contributed by atoms with Gasteiger partial charge in [0.25, 0.3) is 0 Å². The lowest BCUT2D eigenvalue weighted by molar-refractivity contribution is 0.263. The van der Waals surface area contributed by atoms with Gasteiger partial charge in [-0.2, -0.15) is 0 Å². The van der Waals surface area contributed by atoms with Crippen molar-refractivity contribution in [3.8, 4) is 0 Å². The Bertz CT molecular complexity index is 356. The van der Waals surface area contributed by atoms with E-state index in [-0.39, 0.29) is 5.54 Å². The molecule has 1 heterocycles. The molecule has 18 heavy (non-hydrogen) atoms. The van der Waals surface area contributed by atoms with Gasteiger partial charge in [0.15, 0.2) is 0 Å². The molecular weight excluding hydrogens is 218 g/mol. The fourth-order valence-corrected chi connectivity index (χ4v) is 3.25. The van der Waals surface area contributed by atoms with Gasteiger partial charge in [-0.25, -0.2) is 0 Å². The van der Waals surface area contributed by atoms with Crippen LogP contribution in [0, 0.1) is 12.8 Å². The predicted octanol–water partition coefficient (Wildman–Crippen LogP) is 4.40. The molecule has 0 spiro atoms. The van der Waals surface area contributed by atoms with Crippen LogP contribution in [0.15, 0.2) is 24.3 Å². The van der Waals surface area contributed by atoms with E-state index in [0.29, 0.717) is 0 Å². The van der Waals surface area contributed by atoms with Gasteiger partial charge in [-0.05, 0) is 44.2 Å². The van der Waals surface area contributed by atoms with Gasteiger partial charge >= 0.3 is 0 Å². The zero-order valence-corrected chi connectivity index (χ0v) is 12.1. The molecule has 1 atom stereocenters. The van der Waals surface area contributed by atoms with E-state index in [1.54, 1.807) is 0 Å². The first-order valence-corrected chi connectivity index (χ1v) is 7.44. The standard InChI is InChI=1S/C17H27N/c1-14(2)13-17(11-5-4-6-12-18-17)16-9-7-15(3)8-10-16/h7-10,14,18H,4-6,11-13H2,1-3H3. The first kappa shape index (κ1) is 13.6. The van der Waals surface area contributed by atoms with Crippen molar-refractivity contribution in [1.82, 2.24) is 5.32 Å².